The van der Waals surface area contributed by atoms with Crippen LogP contribution in [0.1, 0.15) is 6.92 Å². The van der Waals surface area contributed by atoms with Crippen molar-refractivity contribution in [3.63, 3.8) is 0 Å². The molecule has 128 valence electrons. The van der Waals surface area contributed by atoms with Gasteiger partial charge in [-0.2, -0.15) is 5.26 Å². The van der Waals surface area contributed by atoms with E-state index in [1.165, 1.54) is 18.3 Å². The van der Waals surface area contributed by atoms with Crippen LogP contribution in [0.15, 0.2) is 30.0 Å². The second-order valence-electron chi connectivity index (χ2n) is 4.35. The van der Waals surface area contributed by atoms with Crippen LogP contribution in [-0.4, -0.2) is 31.7 Å². The number of benzene rings is 1. The molecule has 0 aromatic heterocycles. The molecule has 0 aliphatic carbocycles. The number of carbonyl (C=O) groups excluding carboxylic acids is 2. The number of hydrogen-bond acceptors (Lipinski definition) is 5. The summed E-state index contributed by atoms with van der Waals surface area (Å²) in [7, 11) is 0. The molecule has 0 bridgehead atoms. The molecule has 0 saturated heterocycles. The average molecular weight is 371 g/mol. The van der Waals surface area contributed by atoms with Gasteiger partial charge in [0, 0.05) is 24.3 Å². The Hall–Kier alpha value is -2.43. The molecule has 0 spiro atoms. The van der Waals surface area contributed by atoms with E-state index in [0.29, 0.717) is 22.3 Å². The predicted octanol–water partition coefficient (Wildman–Crippen LogP) is 2.68. The van der Waals surface area contributed by atoms with Gasteiger partial charge in [0.25, 0.3) is 5.91 Å². The number of carbonyl (C=O) groups is 2. The molecule has 0 aliphatic heterocycles. The number of amides is 2. The number of nitriles is 1. The number of nitrogens with one attached hydrogen (secondary N) is 3. The van der Waals surface area contributed by atoms with Gasteiger partial charge >= 0.3 is 6.09 Å². The molecule has 0 unspecified atom stereocenters. The normalized spacial score (nSPS) is 10.5. The van der Waals surface area contributed by atoms with E-state index in [4.69, 9.17) is 28.5 Å². The van der Waals surface area contributed by atoms with Crippen molar-refractivity contribution in [3.8, 4) is 6.07 Å². The fourth-order valence-electron chi connectivity index (χ4n) is 1.52. The molecule has 0 radical (unpaired) electrons. The van der Waals surface area contributed by atoms with Gasteiger partial charge in [-0.3, -0.25) is 4.79 Å². The summed E-state index contributed by atoms with van der Waals surface area (Å²) < 4.78 is 4.68. The van der Waals surface area contributed by atoms with Crippen molar-refractivity contribution in [2.45, 2.75) is 6.92 Å². The Balaban J connectivity index is 2.53. The van der Waals surface area contributed by atoms with Gasteiger partial charge in [0.2, 0.25) is 0 Å². The molecule has 0 aliphatic rings. The fourth-order valence-corrected chi connectivity index (χ4v) is 1.86. The zero-order chi connectivity index (χ0) is 17.9. The predicted molar refractivity (Wildman–Crippen MR) is 91.8 cm³/mol. The minimum absolute atomic E-state index is 0.151. The van der Waals surface area contributed by atoms with Crippen LogP contribution in [-0.2, 0) is 9.53 Å². The lowest BCUT2D eigenvalue weighted by Gasteiger charge is -2.08. The third kappa shape index (κ3) is 6.77. The Morgan fingerprint density at radius 1 is 1.33 bits per heavy atom. The topological polar surface area (TPSA) is 103 Å². The molecule has 1 rings (SSSR count). The van der Waals surface area contributed by atoms with Crippen LogP contribution < -0.4 is 16.0 Å². The van der Waals surface area contributed by atoms with Gasteiger partial charge < -0.3 is 20.7 Å². The summed E-state index contributed by atoms with van der Waals surface area (Å²) in [6, 6.07) is 6.37. The van der Waals surface area contributed by atoms with E-state index in [1.54, 1.807) is 19.1 Å². The molecule has 7 nitrogen and oxygen atoms in total. The van der Waals surface area contributed by atoms with Gasteiger partial charge in [-0.05, 0) is 25.1 Å². The minimum atomic E-state index is -0.632. The largest absolute Gasteiger partial charge is 0.450 e. The summed E-state index contributed by atoms with van der Waals surface area (Å²) in [5.74, 6) is -0.632. The van der Waals surface area contributed by atoms with Crippen LogP contribution in [0.25, 0.3) is 0 Å². The second-order valence-corrected chi connectivity index (χ2v) is 5.19. The molecule has 0 heterocycles. The summed E-state index contributed by atoms with van der Waals surface area (Å²) in [6.07, 6.45) is 0.720. The van der Waals surface area contributed by atoms with Gasteiger partial charge in [-0.15, -0.1) is 0 Å². The number of alkyl carbamates (subject to hydrolysis) is 1. The molecule has 1 aromatic carbocycles. The van der Waals surface area contributed by atoms with Crippen LogP contribution in [0.5, 0.6) is 0 Å². The van der Waals surface area contributed by atoms with E-state index < -0.39 is 12.0 Å². The molecule has 9 heteroatoms. The fraction of sp³-hybridized carbons (Fsp3) is 0.267. The van der Waals surface area contributed by atoms with Crippen molar-refractivity contribution in [2.75, 3.05) is 25.0 Å². The smallest absolute Gasteiger partial charge is 0.407 e. The first-order valence-corrected chi connectivity index (χ1v) is 7.74. The maximum atomic E-state index is 12.0. The summed E-state index contributed by atoms with van der Waals surface area (Å²) >= 11 is 11.8. The van der Waals surface area contributed by atoms with Gasteiger partial charge in [-0.1, -0.05) is 23.2 Å². The second kappa shape index (κ2) is 10.4. The van der Waals surface area contributed by atoms with Crippen molar-refractivity contribution >= 4 is 40.9 Å². The lowest BCUT2D eigenvalue weighted by molar-refractivity contribution is -0.112. The molecular weight excluding hydrogens is 355 g/mol. The third-order valence-corrected chi connectivity index (χ3v) is 3.17. The van der Waals surface area contributed by atoms with Crippen molar-refractivity contribution in [1.29, 1.82) is 5.26 Å². The zero-order valence-corrected chi connectivity index (χ0v) is 14.4. The lowest BCUT2D eigenvalue weighted by atomic mass is 10.2. The van der Waals surface area contributed by atoms with E-state index in [0.717, 1.165) is 0 Å². The van der Waals surface area contributed by atoms with Crippen molar-refractivity contribution in [1.82, 2.24) is 10.6 Å². The lowest BCUT2D eigenvalue weighted by Crippen LogP contribution is -2.31. The molecule has 0 atom stereocenters. The van der Waals surface area contributed by atoms with E-state index in [1.807, 2.05) is 0 Å². The Labute approximate surface area is 149 Å². The molecular formula is C15H16Cl2N4O3. The Morgan fingerprint density at radius 2 is 2.08 bits per heavy atom. The van der Waals surface area contributed by atoms with Gasteiger partial charge in [0.05, 0.1) is 17.3 Å². The quantitative estimate of drug-likeness (QED) is 0.388. The van der Waals surface area contributed by atoms with Crippen molar-refractivity contribution in [2.24, 2.45) is 0 Å². The summed E-state index contributed by atoms with van der Waals surface area (Å²) in [4.78, 5) is 23.1. The number of nitrogens with zero attached hydrogens (tertiary/aromatic N) is 1. The number of hydrogen-bond donors (Lipinski definition) is 3. The number of rotatable bonds is 7. The monoisotopic (exact) mass is 370 g/mol. The summed E-state index contributed by atoms with van der Waals surface area (Å²) in [5, 5.41) is 17.5. The molecule has 1 aromatic rings. The van der Waals surface area contributed by atoms with Gasteiger partial charge in [-0.25, -0.2) is 4.79 Å². The summed E-state index contributed by atoms with van der Waals surface area (Å²) in [5.41, 5.74) is 0.154. The number of halogens is 2. The standard InChI is InChI=1S/C15H16Cl2N4O3/c1-2-24-15(23)20-6-5-19-9-10(8-18)14(22)21-13-7-11(16)3-4-12(13)17/h3-4,7,9,19H,2,5-6H2,1H3,(H,20,23)(H,21,22)/b10-9-. The SMILES string of the molecule is CCOC(=O)NCCN/C=C(/C#N)C(=O)Nc1cc(Cl)ccc1Cl. The molecule has 3 N–H and O–H groups in total. The molecule has 24 heavy (non-hydrogen) atoms. The van der Waals surface area contributed by atoms with E-state index in [2.05, 4.69) is 20.7 Å². The van der Waals surface area contributed by atoms with Crippen LogP contribution in [0.3, 0.4) is 0 Å². The third-order valence-electron chi connectivity index (χ3n) is 2.60. The number of ether oxygens (including phenoxy) is 1. The van der Waals surface area contributed by atoms with Gasteiger partial charge in [0.1, 0.15) is 11.6 Å². The first-order valence-electron chi connectivity index (χ1n) is 6.98. The highest BCUT2D eigenvalue weighted by Crippen LogP contribution is 2.25. The summed E-state index contributed by atoms with van der Waals surface area (Å²) in [6.45, 7) is 2.57. The van der Waals surface area contributed by atoms with Gasteiger partial charge in [0.15, 0.2) is 0 Å². The Bertz CT molecular complexity index is 671. The van der Waals surface area contributed by atoms with Crippen LogP contribution in [0.2, 0.25) is 10.0 Å². The van der Waals surface area contributed by atoms with E-state index in [9.17, 15) is 9.59 Å². The highest BCUT2D eigenvalue weighted by atomic mass is 35.5. The molecule has 2 amide bonds. The first-order chi connectivity index (χ1) is 11.5. The maximum Gasteiger partial charge on any atom is 0.407 e. The highest BCUT2D eigenvalue weighted by molar-refractivity contribution is 6.35. The highest BCUT2D eigenvalue weighted by Gasteiger charge is 2.11. The molecule has 0 fully saturated rings. The Morgan fingerprint density at radius 3 is 2.75 bits per heavy atom. The van der Waals surface area contributed by atoms with E-state index in [-0.39, 0.29) is 18.7 Å². The molecule has 0 saturated carbocycles. The van der Waals surface area contributed by atoms with E-state index >= 15 is 0 Å². The zero-order valence-electron chi connectivity index (χ0n) is 12.9. The average Bonchev–Trinajstić information content (AvgIpc) is 2.54. The number of anilines is 1. The maximum absolute atomic E-state index is 12.0. The van der Waals surface area contributed by atoms with Crippen molar-refractivity contribution < 1.29 is 14.3 Å². The van der Waals surface area contributed by atoms with Crippen molar-refractivity contribution in [3.05, 3.63) is 40.0 Å². The Kier molecular flexibility index (Phi) is 8.47. The minimum Gasteiger partial charge on any atom is -0.450 e. The van der Waals surface area contributed by atoms with Crippen LogP contribution in [0, 0.1) is 11.3 Å². The first kappa shape index (κ1) is 19.6. The van der Waals surface area contributed by atoms with Crippen LogP contribution in [0.4, 0.5) is 10.5 Å². The van der Waals surface area contributed by atoms with Crippen LogP contribution >= 0.6 is 23.2 Å².